The lowest BCUT2D eigenvalue weighted by Gasteiger charge is -2.20. The number of hydrogen-bond donors (Lipinski definition) is 1. The van der Waals surface area contributed by atoms with Crippen molar-refractivity contribution in [2.45, 2.75) is 26.8 Å². The van der Waals surface area contributed by atoms with E-state index in [0.29, 0.717) is 11.4 Å². The number of amides is 1. The van der Waals surface area contributed by atoms with Gasteiger partial charge < -0.3 is 5.32 Å². The minimum absolute atomic E-state index is 0.0289. The SMILES string of the molecule is Cc1nn(-c2ccccc2)nc1C(=O)NC(c1cccs1)C(C)C. The Morgan fingerprint density at radius 1 is 1.12 bits per heavy atom. The van der Waals surface area contributed by atoms with Gasteiger partial charge in [0.25, 0.3) is 5.91 Å². The number of hydrogen-bond acceptors (Lipinski definition) is 4. The van der Waals surface area contributed by atoms with E-state index in [0.717, 1.165) is 10.6 Å². The van der Waals surface area contributed by atoms with Crippen LogP contribution in [0.5, 0.6) is 0 Å². The van der Waals surface area contributed by atoms with Gasteiger partial charge in [-0.1, -0.05) is 38.1 Å². The number of thiophene rings is 1. The van der Waals surface area contributed by atoms with E-state index >= 15 is 0 Å². The number of benzene rings is 1. The lowest BCUT2D eigenvalue weighted by atomic mass is 10.0. The van der Waals surface area contributed by atoms with E-state index in [2.05, 4.69) is 29.4 Å². The van der Waals surface area contributed by atoms with Gasteiger partial charge in [0.1, 0.15) is 0 Å². The number of nitrogens with zero attached hydrogens (tertiary/aromatic N) is 3. The summed E-state index contributed by atoms with van der Waals surface area (Å²) in [7, 11) is 0. The van der Waals surface area contributed by atoms with Crippen LogP contribution in [-0.2, 0) is 0 Å². The number of para-hydroxylation sites is 1. The molecule has 24 heavy (non-hydrogen) atoms. The number of aromatic nitrogens is 3. The van der Waals surface area contributed by atoms with Crippen LogP contribution >= 0.6 is 11.3 Å². The van der Waals surface area contributed by atoms with Gasteiger partial charge in [-0.05, 0) is 36.4 Å². The maximum atomic E-state index is 12.7. The molecule has 0 fully saturated rings. The predicted octanol–water partition coefficient (Wildman–Crippen LogP) is 3.76. The van der Waals surface area contributed by atoms with Crippen molar-refractivity contribution in [3.05, 3.63) is 64.1 Å². The number of aryl methyl sites for hydroxylation is 1. The lowest BCUT2D eigenvalue weighted by Crippen LogP contribution is -2.32. The summed E-state index contributed by atoms with van der Waals surface area (Å²) in [6.45, 7) is 5.99. The van der Waals surface area contributed by atoms with E-state index in [1.54, 1.807) is 18.3 Å². The fraction of sp³-hybridized carbons (Fsp3) is 0.278. The molecule has 2 aromatic heterocycles. The Labute approximate surface area is 145 Å². The molecule has 0 saturated heterocycles. The monoisotopic (exact) mass is 340 g/mol. The van der Waals surface area contributed by atoms with Crippen molar-refractivity contribution in [2.75, 3.05) is 0 Å². The second-order valence-electron chi connectivity index (χ2n) is 5.97. The van der Waals surface area contributed by atoms with Crippen LogP contribution < -0.4 is 5.32 Å². The molecule has 0 aliphatic heterocycles. The summed E-state index contributed by atoms with van der Waals surface area (Å²) in [5.41, 5.74) is 1.81. The Morgan fingerprint density at radius 3 is 2.50 bits per heavy atom. The van der Waals surface area contributed by atoms with Crippen LogP contribution in [0.1, 0.15) is 40.9 Å². The third kappa shape index (κ3) is 3.38. The van der Waals surface area contributed by atoms with Crippen LogP contribution in [0.25, 0.3) is 5.69 Å². The van der Waals surface area contributed by atoms with Crippen LogP contribution in [-0.4, -0.2) is 20.9 Å². The fourth-order valence-corrected chi connectivity index (χ4v) is 3.46. The first kappa shape index (κ1) is 16.4. The van der Waals surface area contributed by atoms with Gasteiger partial charge in [-0.25, -0.2) is 0 Å². The van der Waals surface area contributed by atoms with Crippen LogP contribution in [0, 0.1) is 12.8 Å². The molecule has 0 aliphatic rings. The predicted molar refractivity (Wildman–Crippen MR) is 95.5 cm³/mol. The van der Waals surface area contributed by atoms with Crippen molar-refractivity contribution in [1.29, 1.82) is 0 Å². The molecular formula is C18H20N4OS. The molecule has 6 heteroatoms. The zero-order chi connectivity index (χ0) is 17.1. The van der Waals surface area contributed by atoms with E-state index in [9.17, 15) is 4.79 Å². The maximum Gasteiger partial charge on any atom is 0.274 e. The van der Waals surface area contributed by atoms with Gasteiger partial charge in [0.15, 0.2) is 5.69 Å². The van der Waals surface area contributed by atoms with Gasteiger partial charge in [0.05, 0.1) is 17.4 Å². The van der Waals surface area contributed by atoms with Crippen LogP contribution in [0.4, 0.5) is 0 Å². The van der Waals surface area contributed by atoms with E-state index in [1.165, 1.54) is 4.80 Å². The van der Waals surface area contributed by atoms with Crippen molar-refractivity contribution in [1.82, 2.24) is 20.3 Å². The van der Waals surface area contributed by atoms with Gasteiger partial charge in [-0.2, -0.15) is 9.90 Å². The summed E-state index contributed by atoms with van der Waals surface area (Å²) in [5, 5.41) is 13.9. The molecule has 124 valence electrons. The third-order valence-electron chi connectivity index (χ3n) is 3.79. The second-order valence-corrected chi connectivity index (χ2v) is 6.95. The largest absolute Gasteiger partial charge is 0.343 e. The first-order chi connectivity index (χ1) is 11.6. The smallest absolute Gasteiger partial charge is 0.274 e. The molecule has 1 unspecified atom stereocenters. The van der Waals surface area contributed by atoms with Gasteiger partial charge in [-0.15, -0.1) is 16.4 Å². The van der Waals surface area contributed by atoms with Crippen molar-refractivity contribution in [3.63, 3.8) is 0 Å². The first-order valence-electron chi connectivity index (χ1n) is 7.90. The van der Waals surface area contributed by atoms with Gasteiger partial charge in [0, 0.05) is 4.88 Å². The summed E-state index contributed by atoms with van der Waals surface area (Å²) >= 11 is 1.65. The van der Waals surface area contributed by atoms with Gasteiger partial charge in [-0.3, -0.25) is 4.79 Å². The lowest BCUT2D eigenvalue weighted by molar-refractivity contribution is 0.0920. The molecule has 0 saturated carbocycles. The summed E-state index contributed by atoms with van der Waals surface area (Å²) in [5.74, 6) is 0.0962. The average molecular weight is 340 g/mol. The third-order valence-corrected chi connectivity index (χ3v) is 4.74. The molecule has 1 amide bonds. The fourth-order valence-electron chi connectivity index (χ4n) is 2.51. The molecule has 3 rings (SSSR count). The number of nitrogens with one attached hydrogen (secondary N) is 1. The Balaban J connectivity index is 1.84. The molecular weight excluding hydrogens is 320 g/mol. The Kier molecular flexibility index (Phi) is 4.76. The normalized spacial score (nSPS) is 12.3. The summed E-state index contributed by atoms with van der Waals surface area (Å²) in [6.07, 6.45) is 0. The average Bonchev–Trinajstić information content (AvgIpc) is 3.22. The molecule has 0 aliphatic carbocycles. The molecule has 1 atom stereocenters. The van der Waals surface area contributed by atoms with E-state index in [4.69, 9.17) is 0 Å². The Morgan fingerprint density at radius 2 is 1.88 bits per heavy atom. The minimum atomic E-state index is -0.193. The van der Waals surface area contributed by atoms with E-state index in [-0.39, 0.29) is 17.9 Å². The van der Waals surface area contributed by atoms with Crippen molar-refractivity contribution in [2.24, 2.45) is 5.92 Å². The van der Waals surface area contributed by atoms with E-state index in [1.807, 2.05) is 47.8 Å². The highest BCUT2D eigenvalue weighted by atomic mass is 32.1. The maximum absolute atomic E-state index is 12.7. The van der Waals surface area contributed by atoms with Crippen molar-refractivity contribution < 1.29 is 4.79 Å². The first-order valence-corrected chi connectivity index (χ1v) is 8.78. The Hall–Kier alpha value is -2.47. The molecule has 1 aromatic carbocycles. The highest BCUT2D eigenvalue weighted by Gasteiger charge is 2.23. The van der Waals surface area contributed by atoms with Crippen LogP contribution in [0.15, 0.2) is 47.8 Å². The quantitative estimate of drug-likeness (QED) is 0.769. The number of carbonyl (C=O) groups excluding carboxylic acids is 1. The molecule has 1 N–H and O–H groups in total. The summed E-state index contributed by atoms with van der Waals surface area (Å²) < 4.78 is 0. The molecule has 0 bridgehead atoms. The second kappa shape index (κ2) is 6.97. The number of rotatable bonds is 5. The van der Waals surface area contributed by atoms with Crippen LogP contribution in [0.2, 0.25) is 0 Å². The van der Waals surface area contributed by atoms with Crippen molar-refractivity contribution in [3.8, 4) is 5.69 Å². The highest BCUT2D eigenvalue weighted by molar-refractivity contribution is 7.10. The molecule has 0 spiro atoms. The topological polar surface area (TPSA) is 59.8 Å². The Bertz CT molecular complexity index is 809. The highest BCUT2D eigenvalue weighted by Crippen LogP contribution is 2.26. The zero-order valence-corrected chi connectivity index (χ0v) is 14.7. The van der Waals surface area contributed by atoms with Crippen molar-refractivity contribution >= 4 is 17.2 Å². The zero-order valence-electron chi connectivity index (χ0n) is 13.9. The van der Waals surface area contributed by atoms with Gasteiger partial charge >= 0.3 is 0 Å². The molecule has 3 aromatic rings. The molecule has 0 radical (unpaired) electrons. The molecule has 2 heterocycles. The standard InChI is InChI=1S/C18H20N4OS/c1-12(2)16(15-10-7-11-24-15)19-18(23)17-13(3)20-22(21-17)14-8-5-4-6-9-14/h4-12,16H,1-3H3,(H,19,23). The summed E-state index contributed by atoms with van der Waals surface area (Å²) in [6, 6.07) is 13.6. The number of carbonyl (C=O) groups is 1. The summed E-state index contributed by atoms with van der Waals surface area (Å²) in [4.78, 5) is 15.3. The minimum Gasteiger partial charge on any atom is -0.343 e. The molecule has 5 nitrogen and oxygen atoms in total. The van der Waals surface area contributed by atoms with Crippen LogP contribution in [0.3, 0.4) is 0 Å². The van der Waals surface area contributed by atoms with E-state index < -0.39 is 0 Å². The van der Waals surface area contributed by atoms with Gasteiger partial charge in [0.2, 0.25) is 0 Å².